The van der Waals surface area contributed by atoms with Crippen LogP contribution in [0.25, 0.3) is 11.3 Å². The van der Waals surface area contributed by atoms with E-state index in [1.54, 1.807) is 23.5 Å². The summed E-state index contributed by atoms with van der Waals surface area (Å²) in [7, 11) is 1.99. The number of thiazole rings is 1. The van der Waals surface area contributed by atoms with Gasteiger partial charge < -0.3 is 9.64 Å². The number of hydrogen-bond acceptors (Lipinski definition) is 5. The molecule has 3 aromatic rings. The van der Waals surface area contributed by atoms with Gasteiger partial charge >= 0.3 is 0 Å². The molecule has 0 unspecified atom stereocenters. The minimum absolute atomic E-state index is 0.488. The van der Waals surface area contributed by atoms with Crippen molar-refractivity contribution < 1.29 is 9.53 Å². The van der Waals surface area contributed by atoms with Crippen LogP contribution in [-0.2, 0) is 0 Å². The molecular weight excluding hydrogens is 320 g/mol. The molecular formula is C19H18N2O2S. The molecule has 3 rings (SSSR count). The van der Waals surface area contributed by atoms with Crippen LogP contribution in [0.3, 0.4) is 0 Å². The minimum Gasteiger partial charge on any atom is -0.491 e. The number of anilines is 1. The molecule has 122 valence electrons. The van der Waals surface area contributed by atoms with E-state index in [1.165, 1.54) is 0 Å². The summed E-state index contributed by atoms with van der Waals surface area (Å²) >= 11 is 1.61. The highest BCUT2D eigenvalue weighted by molar-refractivity contribution is 7.14. The van der Waals surface area contributed by atoms with Crippen LogP contribution in [0.2, 0.25) is 0 Å². The second-order valence-corrected chi connectivity index (χ2v) is 6.14. The first-order valence-electron chi connectivity index (χ1n) is 7.67. The number of nitrogens with zero attached hydrogens (tertiary/aromatic N) is 2. The second-order valence-electron chi connectivity index (χ2n) is 5.31. The third-order valence-electron chi connectivity index (χ3n) is 3.62. The summed E-state index contributed by atoms with van der Waals surface area (Å²) < 4.78 is 5.72. The maximum atomic E-state index is 11.0. The number of ether oxygens (including phenoxy) is 1. The van der Waals surface area contributed by atoms with Crippen molar-refractivity contribution in [2.75, 3.05) is 25.1 Å². The zero-order valence-electron chi connectivity index (χ0n) is 13.4. The standard InChI is InChI=1S/C19H18N2O2S/c1-21(11-12-23-18-10-6-5-9-16(18)13-22)19-20-17(14-24-19)15-7-3-2-4-8-15/h2-10,13-14H,11-12H2,1H3. The third kappa shape index (κ3) is 3.81. The van der Waals surface area contributed by atoms with Crippen molar-refractivity contribution in [3.63, 3.8) is 0 Å². The highest BCUT2D eigenvalue weighted by Crippen LogP contribution is 2.26. The Labute approximate surface area is 145 Å². The first-order valence-corrected chi connectivity index (χ1v) is 8.55. The van der Waals surface area contributed by atoms with Crippen LogP contribution in [-0.4, -0.2) is 31.5 Å². The van der Waals surface area contributed by atoms with Gasteiger partial charge in [0.05, 0.1) is 17.8 Å². The van der Waals surface area contributed by atoms with Crippen molar-refractivity contribution in [3.05, 3.63) is 65.5 Å². The smallest absolute Gasteiger partial charge is 0.185 e. The number of likely N-dealkylation sites (N-methyl/N-ethyl adjacent to an activating group) is 1. The van der Waals surface area contributed by atoms with E-state index in [2.05, 4.69) is 27.4 Å². The summed E-state index contributed by atoms with van der Waals surface area (Å²) in [5.74, 6) is 0.616. The molecule has 0 radical (unpaired) electrons. The molecule has 0 saturated carbocycles. The van der Waals surface area contributed by atoms with Crippen molar-refractivity contribution in [2.24, 2.45) is 0 Å². The van der Waals surface area contributed by atoms with Crippen LogP contribution in [0.5, 0.6) is 5.75 Å². The zero-order valence-corrected chi connectivity index (χ0v) is 14.2. The highest BCUT2D eigenvalue weighted by Gasteiger charge is 2.09. The Morgan fingerprint density at radius 2 is 1.88 bits per heavy atom. The molecule has 0 aliphatic carbocycles. The van der Waals surface area contributed by atoms with Crippen LogP contribution in [0.15, 0.2) is 60.0 Å². The van der Waals surface area contributed by atoms with Gasteiger partial charge in [-0.1, -0.05) is 42.5 Å². The molecule has 1 heterocycles. The lowest BCUT2D eigenvalue weighted by atomic mass is 10.2. The molecule has 0 atom stereocenters. The topological polar surface area (TPSA) is 42.4 Å². The largest absolute Gasteiger partial charge is 0.491 e. The lowest BCUT2D eigenvalue weighted by Gasteiger charge is -2.16. The van der Waals surface area contributed by atoms with E-state index in [1.807, 2.05) is 37.4 Å². The average Bonchev–Trinajstić information content (AvgIpc) is 3.13. The number of rotatable bonds is 7. The summed E-state index contributed by atoms with van der Waals surface area (Å²) in [6.07, 6.45) is 0.812. The normalized spacial score (nSPS) is 10.4. The van der Waals surface area contributed by atoms with Gasteiger partial charge in [-0.05, 0) is 12.1 Å². The lowest BCUT2D eigenvalue weighted by molar-refractivity contribution is 0.111. The zero-order chi connectivity index (χ0) is 16.8. The first kappa shape index (κ1) is 16.2. The van der Waals surface area contributed by atoms with Crippen LogP contribution < -0.4 is 9.64 Å². The summed E-state index contributed by atoms with van der Waals surface area (Å²) in [6.45, 7) is 1.18. The Kier molecular flexibility index (Phi) is 5.23. The van der Waals surface area contributed by atoms with Crippen molar-refractivity contribution in [3.8, 4) is 17.0 Å². The van der Waals surface area contributed by atoms with E-state index in [4.69, 9.17) is 4.74 Å². The van der Waals surface area contributed by atoms with Gasteiger partial charge in [-0.2, -0.15) is 0 Å². The molecule has 0 aliphatic rings. The molecule has 4 nitrogen and oxygen atoms in total. The van der Waals surface area contributed by atoms with Crippen molar-refractivity contribution in [2.45, 2.75) is 0 Å². The molecule has 2 aromatic carbocycles. The minimum atomic E-state index is 0.488. The van der Waals surface area contributed by atoms with Crippen molar-refractivity contribution >= 4 is 22.8 Å². The number of aromatic nitrogens is 1. The maximum Gasteiger partial charge on any atom is 0.185 e. The predicted molar refractivity (Wildman–Crippen MR) is 98.1 cm³/mol. The monoisotopic (exact) mass is 338 g/mol. The van der Waals surface area contributed by atoms with E-state index in [0.29, 0.717) is 24.5 Å². The Bertz CT molecular complexity index is 802. The van der Waals surface area contributed by atoms with E-state index in [9.17, 15) is 4.79 Å². The maximum absolute atomic E-state index is 11.0. The molecule has 0 amide bonds. The molecule has 0 aliphatic heterocycles. The SMILES string of the molecule is CN(CCOc1ccccc1C=O)c1nc(-c2ccccc2)cs1. The van der Waals surface area contributed by atoms with Gasteiger partial charge in [0.25, 0.3) is 0 Å². The van der Waals surface area contributed by atoms with Crippen molar-refractivity contribution in [1.82, 2.24) is 4.98 Å². The number of aldehydes is 1. The fourth-order valence-electron chi connectivity index (χ4n) is 2.28. The Morgan fingerprint density at radius 1 is 1.12 bits per heavy atom. The summed E-state index contributed by atoms with van der Waals surface area (Å²) in [5.41, 5.74) is 2.67. The Hall–Kier alpha value is -2.66. The Balaban J connectivity index is 1.59. The molecule has 5 heteroatoms. The first-order chi connectivity index (χ1) is 11.8. The summed E-state index contributed by atoms with van der Waals surface area (Å²) in [6, 6.07) is 17.4. The fraction of sp³-hybridized carbons (Fsp3) is 0.158. The third-order valence-corrected chi connectivity index (χ3v) is 4.57. The van der Waals surface area contributed by atoms with Crippen LogP contribution >= 0.6 is 11.3 Å². The van der Waals surface area contributed by atoms with Gasteiger partial charge in [-0.25, -0.2) is 4.98 Å². The van der Waals surface area contributed by atoms with Gasteiger partial charge in [-0.3, -0.25) is 4.79 Å². The average molecular weight is 338 g/mol. The van der Waals surface area contributed by atoms with E-state index in [-0.39, 0.29) is 0 Å². The number of hydrogen-bond donors (Lipinski definition) is 0. The van der Waals surface area contributed by atoms with Gasteiger partial charge in [-0.15, -0.1) is 11.3 Å². The second kappa shape index (κ2) is 7.75. The number of carbonyl (C=O) groups excluding carboxylic acids is 1. The summed E-state index contributed by atoms with van der Waals surface area (Å²) in [4.78, 5) is 17.7. The molecule has 0 spiro atoms. The highest BCUT2D eigenvalue weighted by atomic mass is 32.1. The quantitative estimate of drug-likeness (QED) is 0.607. The van der Waals surface area contributed by atoms with Crippen LogP contribution in [0.1, 0.15) is 10.4 Å². The van der Waals surface area contributed by atoms with Crippen LogP contribution in [0.4, 0.5) is 5.13 Å². The molecule has 0 bridgehead atoms. The van der Waals surface area contributed by atoms with E-state index < -0.39 is 0 Å². The number of para-hydroxylation sites is 1. The van der Waals surface area contributed by atoms with Gasteiger partial charge in [0.2, 0.25) is 0 Å². The number of carbonyl (C=O) groups is 1. The molecule has 24 heavy (non-hydrogen) atoms. The molecule has 1 aromatic heterocycles. The van der Waals surface area contributed by atoms with Crippen LogP contribution in [0, 0.1) is 0 Å². The van der Waals surface area contributed by atoms with E-state index >= 15 is 0 Å². The van der Waals surface area contributed by atoms with Crippen molar-refractivity contribution in [1.29, 1.82) is 0 Å². The fourth-order valence-corrected chi connectivity index (χ4v) is 3.11. The summed E-state index contributed by atoms with van der Waals surface area (Å²) in [5, 5.41) is 3.00. The van der Waals surface area contributed by atoms with E-state index in [0.717, 1.165) is 22.7 Å². The molecule has 0 fully saturated rings. The lowest BCUT2D eigenvalue weighted by Crippen LogP contribution is -2.23. The predicted octanol–water partition coefficient (Wildman–Crippen LogP) is 4.14. The Morgan fingerprint density at radius 3 is 2.67 bits per heavy atom. The van der Waals surface area contributed by atoms with Gasteiger partial charge in [0.15, 0.2) is 11.4 Å². The molecule has 0 N–H and O–H groups in total. The number of benzene rings is 2. The van der Waals surface area contributed by atoms with Gasteiger partial charge in [0, 0.05) is 18.0 Å². The molecule has 0 saturated heterocycles. The van der Waals surface area contributed by atoms with Gasteiger partial charge in [0.1, 0.15) is 12.4 Å².